The molecule has 0 aromatic carbocycles. The number of methoxy groups -OCH3 is 1. The highest BCUT2D eigenvalue weighted by Crippen LogP contribution is 2.42. The first kappa shape index (κ1) is 14.3. The van der Waals surface area contributed by atoms with Crippen LogP contribution in [0.25, 0.3) is 0 Å². The lowest BCUT2D eigenvalue weighted by Gasteiger charge is -2.13. The lowest BCUT2D eigenvalue weighted by molar-refractivity contribution is 0.197. The van der Waals surface area contributed by atoms with E-state index in [1.54, 1.807) is 13.2 Å². The molecule has 0 amide bonds. The normalized spacial score (nSPS) is 20.4. The van der Waals surface area contributed by atoms with Gasteiger partial charge in [0, 0.05) is 20.3 Å². The molecular weight excluding hydrogens is 294 g/mol. The van der Waals surface area contributed by atoms with Crippen LogP contribution in [0.15, 0.2) is 21.4 Å². The predicted molar refractivity (Wildman–Crippen MR) is 77.5 cm³/mol. The summed E-state index contributed by atoms with van der Waals surface area (Å²) in [5.74, 6) is 0.708. The Morgan fingerprint density at radius 2 is 2.24 bits per heavy atom. The largest absolute Gasteiger partial charge is 0.464 e. The highest BCUT2D eigenvalue weighted by atomic mass is 32.2. The van der Waals surface area contributed by atoms with Gasteiger partial charge in [0.1, 0.15) is 11.4 Å². The second kappa shape index (κ2) is 5.27. The van der Waals surface area contributed by atoms with Gasteiger partial charge in [-0.25, -0.2) is 0 Å². The summed E-state index contributed by atoms with van der Waals surface area (Å²) in [4.78, 5) is 4.29. The first-order chi connectivity index (χ1) is 10.0. The van der Waals surface area contributed by atoms with Crippen molar-refractivity contribution in [2.24, 2.45) is 4.40 Å². The first-order valence-corrected chi connectivity index (χ1v) is 8.23. The van der Waals surface area contributed by atoms with Crippen LogP contribution in [0.4, 0.5) is 5.82 Å². The molecule has 1 aliphatic carbocycles. The van der Waals surface area contributed by atoms with E-state index in [9.17, 15) is 8.42 Å². The van der Waals surface area contributed by atoms with E-state index in [0.29, 0.717) is 19.0 Å². The van der Waals surface area contributed by atoms with E-state index in [1.807, 2.05) is 0 Å². The van der Waals surface area contributed by atoms with E-state index in [-0.39, 0.29) is 10.8 Å². The highest BCUT2D eigenvalue weighted by molar-refractivity contribution is 7.90. The molecular formula is C13H17N3O4S. The molecule has 8 heteroatoms. The Labute approximate surface area is 123 Å². The minimum absolute atomic E-state index is 0.0185. The number of anilines is 1. The SMILES string of the molecule is COCCCNc1ccc2c(n1)OC1(C=NS2(=O)=O)CC1. The molecule has 0 unspecified atom stereocenters. The van der Waals surface area contributed by atoms with E-state index in [2.05, 4.69) is 14.7 Å². The third-order valence-corrected chi connectivity index (χ3v) is 4.65. The second-order valence-electron chi connectivity index (χ2n) is 5.15. The molecule has 0 radical (unpaired) electrons. The number of nitrogens with zero attached hydrogens (tertiary/aromatic N) is 2. The summed E-state index contributed by atoms with van der Waals surface area (Å²) in [6.45, 7) is 1.34. The molecule has 1 aromatic heterocycles. The Bertz CT molecular complexity index is 668. The van der Waals surface area contributed by atoms with E-state index >= 15 is 0 Å². The molecule has 1 aromatic rings. The van der Waals surface area contributed by atoms with Crippen LogP contribution in [-0.2, 0) is 14.8 Å². The number of rotatable bonds is 5. The van der Waals surface area contributed by atoms with Crippen molar-refractivity contribution in [3.63, 3.8) is 0 Å². The maximum atomic E-state index is 12.1. The van der Waals surface area contributed by atoms with Gasteiger partial charge in [-0.15, -0.1) is 0 Å². The van der Waals surface area contributed by atoms with Gasteiger partial charge in [-0.1, -0.05) is 0 Å². The van der Waals surface area contributed by atoms with Crippen molar-refractivity contribution in [2.75, 3.05) is 25.6 Å². The molecule has 2 heterocycles. The van der Waals surface area contributed by atoms with Crippen LogP contribution in [-0.4, -0.2) is 45.5 Å². The van der Waals surface area contributed by atoms with Crippen molar-refractivity contribution >= 4 is 22.1 Å². The number of sulfonamides is 1. The molecule has 114 valence electrons. The van der Waals surface area contributed by atoms with Crippen molar-refractivity contribution in [1.82, 2.24) is 4.98 Å². The molecule has 2 aliphatic rings. The van der Waals surface area contributed by atoms with E-state index in [4.69, 9.17) is 9.47 Å². The van der Waals surface area contributed by atoms with Gasteiger partial charge in [-0.05, 0) is 31.4 Å². The highest BCUT2D eigenvalue weighted by Gasteiger charge is 2.47. The number of hydrogen-bond acceptors (Lipinski definition) is 6. The molecule has 1 aliphatic heterocycles. The van der Waals surface area contributed by atoms with Crippen LogP contribution in [0.3, 0.4) is 0 Å². The van der Waals surface area contributed by atoms with Crippen LogP contribution in [0.2, 0.25) is 0 Å². The molecule has 7 nitrogen and oxygen atoms in total. The maximum Gasteiger partial charge on any atom is 0.287 e. The molecule has 21 heavy (non-hydrogen) atoms. The molecule has 0 atom stereocenters. The summed E-state index contributed by atoms with van der Waals surface area (Å²) in [7, 11) is -2.07. The van der Waals surface area contributed by atoms with E-state index < -0.39 is 15.6 Å². The predicted octanol–water partition coefficient (Wildman–Crippen LogP) is 1.21. The Kier molecular flexibility index (Phi) is 3.58. The number of ether oxygens (including phenoxy) is 2. The third kappa shape index (κ3) is 3.01. The number of pyridine rings is 1. The Balaban J connectivity index is 1.83. The zero-order valence-corrected chi connectivity index (χ0v) is 12.5. The topological polar surface area (TPSA) is 89.9 Å². The summed E-state index contributed by atoms with van der Waals surface area (Å²) < 4.78 is 38.5. The number of aromatic nitrogens is 1. The van der Waals surface area contributed by atoms with Crippen LogP contribution in [0.1, 0.15) is 19.3 Å². The fraction of sp³-hybridized carbons (Fsp3) is 0.538. The van der Waals surface area contributed by atoms with Gasteiger partial charge in [-0.3, -0.25) is 0 Å². The summed E-state index contributed by atoms with van der Waals surface area (Å²) in [5, 5.41) is 3.12. The van der Waals surface area contributed by atoms with Gasteiger partial charge in [-0.2, -0.15) is 17.8 Å². The second-order valence-corrected chi connectivity index (χ2v) is 6.75. The standard InChI is InChI=1S/C13H17N3O4S/c1-19-8-2-7-14-11-4-3-10-12(16-11)20-13(5-6-13)9-15-21(10,17)18/h3-4,9H,2,5-8H2,1H3,(H,14,16). The molecule has 0 saturated heterocycles. The monoisotopic (exact) mass is 311 g/mol. The maximum absolute atomic E-state index is 12.1. The van der Waals surface area contributed by atoms with Gasteiger partial charge in [0.25, 0.3) is 10.0 Å². The van der Waals surface area contributed by atoms with Crippen molar-refractivity contribution < 1.29 is 17.9 Å². The first-order valence-electron chi connectivity index (χ1n) is 6.79. The Morgan fingerprint density at radius 3 is 2.95 bits per heavy atom. The quantitative estimate of drug-likeness (QED) is 0.822. The molecule has 1 spiro atoms. The Morgan fingerprint density at radius 1 is 1.43 bits per heavy atom. The molecule has 1 N–H and O–H groups in total. The van der Waals surface area contributed by atoms with Crippen molar-refractivity contribution in [3.8, 4) is 5.88 Å². The summed E-state index contributed by atoms with van der Waals surface area (Å²) in [6.07, 6.45) is 3.74. The lowest BCUT2D eigenvalue weighted by atomic mass is 10.3. The smallest absolute Gasteiger partial charge is 0.287 e. The number of fused-ring (bicyclic) bond motifs is 1. The fourth-order valence-corrected chi connectivity index (χ4v) is 3.02. The summed E-state index contributed by atoms with van der Waals surface area (Å²) in [5.41, 5.74) is -0.583. The van der Waals surface area contributed by atoms with Crippen LogP contribution in [0, 0.1) is 0 Å². The number of hydrogen-bond donors (Lipinski definition) is 1. The third-order valence-electron chi connectivity index (χ3n) is 3.40. The van der Waals surface area contributed by atoms with Gasteiger partial charge >= 0.3 is 0 Å². The minimum Gasteiger partial charge on any atom is -0.464 e. The lowest BCUT2D eigenvalue weighted by Crippen LogP contribution is -2.19. The van der Waals surface area contributed by atoms with Crippen LogP contribution < -0.4 is 10.1 Å². The minimum atomic E-state index is -3.72. The molecule has 0 bridgehead atoms. The van der Waals surface area contributed by atoms with Crippen LogP contribution in [0.5, 0.6) is 5.88 Å². The molecule has 3 rings (SSSR count). The van der Waals surface area contributed by atoms with E-state index in [0.717, 1.165) is 19.3 Å². The van der Waals surface area contributed by atoms with Crippen molar-refractivity contribution in [1.29, 1.82) is 0 Å². The number of nitrogens with one attached hydrogen (secondary N) is 1. The summed E-state index contributed by atoms with van der Waals surface area (Å²) >= 11 is 0. The average Bonchev–Trinajstić information content (AvgIpc) is 3.23. The molecule has 1 fully saturated rings. The van der Waals surface area contributed by atoms with E-state index in [1.165, 1.54) is 12.3 Å². The zero-order chi connectivity index (χ0) is 14.9. The van der Waals surface area contributed by atoms with Gasteiger partial charge in [0.05, 0.1) is 6.21 Å². The zero-order valence-electron chi connectivity index (χ0n) is 11.7. The van der Waals surface area contributed by atoms with Gasteiger partial charge < -0.3 is 14.8 Å². The molecule has 1 saturated carbocycles. The van der Waals surface area contributed by atoms with Gasteiger partial charge in [0.2, 0.25) is 5.88 Å². The van der Waals surface area contributed by atoms with Gasteiger partial charge in [0.15, 0.2) is 4.90 Å². The van der Waals surface area contributed by atoms with Crippen LogP contribution >= 0.6 is 0 Å². The fourth-order valence-electron chi connectivity index (χ4n) is 2.02. The Hall–Kier alpha value is -1.67. The van der Waals surface area contributed by atoms with Crippen molar-refractivity contribution in [3.05, 3.63) is 12.1 Å². The van der Waals surface area contributed by atoms with Crippen molar-refractivity contribution in [2.45, 2.75) is 29.8 Å². The summed E-state index contributed by atoms with van der Waals surface area (Å²) in [6, 6.07) is 3.10. The average molecular weight is 311 g/mol.